The molecule has 0 spiro atoms. The van der Waals surface area contributed by atoms with Crippen molar-refractivity contribution in [3.63, 3.8) is 0 Å². The Labute approximate surface area is 139 Å². The Hall–Kier alpha value is -1.08. The molecule has 2 rings (SSSR count). The van der Waals surface area contributed by atoms with Crippen molar-refractivity contribution < 1.29 is 18.6 Å². The van der Waals surface area contributed by atoms with Gasteiger partial charge in [-0.15, -0.1) is 0 Å². The molecular weight excluding hydrogens is 356 g/mol. The van der Waals surface area contributed by atoms with Crippen molar-refractivity contribution in [2.45, 2.75) is 18.9 Å². The second kappa shape index (κ2) is 8.38. The number of hydrogen-bond donors (Lipinski definition) is 4. The van der Waals surface area contributed by atoms with Crippen LogP contribution in [0.15, 0.2) is 28.7 Å². The first-order valence-electron chi connectivity index (χ1n) is 6.62. The monoisotopic (exact) mass is 374 g/mol. The summed E-state index contributed by atoms with van der Waals surface area (Å²) >= 11 is 3.41. The van der Waals surface area contributed by atoms with Gasteiger partial charge in [0.25, 0.3) is 5.91 Å². The third kappa shape index (κ3) is 5.00. The molecule has 21 heavy (non-hydrogen) atoms. The van der Waals surface area contributed by atoms with Gasteiger partial charge in [-0.3, -0.25) is 4.79 Å². The van der Waals surface area contributed by atoms with Crippen LogP contribution in [0.25, 0.3) is 10.9 Å². The van der Waals surface area contributed by atoms with Crippen molar-refractivity contribution in [3.05, 3.63) is 34.4 Å². The summed E-state index contributed by atoms with van der Waals surface area (Å²) in [5.74, 6) is -0.138. The van der Waals surface area contributed by atoms with E-state index in [4.69, 9.17) is 11.5 Å². The molecule has 0 saturated heterocycles. The van der Waals surface area contributed by atoms with Crippen LogP contribution >= 0.6 is 15.9 Å². The Morgan fingerprint density at radius 3 is 2.90 bits per heavy atom. The van der Waals surface area contributed by atoms with Crippen LogP contribution in [-0.2, 0) is 0 Å². The molecule has 0 aliphatic rings. The summed E-state index contributed by atoms with van der Waals surface area (Å²) in [4.78, 5) is 15.1. The number of nitrogens with two attached hydrogens (primary N) is 2. The number of amides is 1. The van der Waals surface area contributed by atoms with Gasteiger partial charge in [-0.25, -0.2) is 0 Å². The smallest absolute Gasteiger partial charge is 1.00 e. The number of rotatable bonds is 6. The molecule has 0 bridgehead atoms. The van der Waals surface area contributed by atoms with Crippen molar-refractivity contribution >= 4 is 32.7 Å². The highest BCUT2D eigenvalue weighted by Gasteiger charge is 2.11. The Morgan fingerprint density at radius 1 is 1.43 bits per heavy atom. The third-order valence-electron chi connectivity index (χ3n) is 3.13. The normalized spacial score (nSPS) is 12.0. The minimum absolute atomic E-state index is 0. The van der Waals surface area contributed by atoms with E-state index in [9.17, 15) is 4.79 Å². The molecule has 0 aliphatic carbocycles. The SMILES string of the molecule is NCCC[C@H](N)CNC(=O)c1cc2ccc(Br)cc2[nH]1.[Cl-].[H+]. The molecule has 5 nitrogen and oxygen atoms in total. The highest BCUT2D eigenvalue weighted by Crippen LogP contribution is 2.20. The lowest BCUT2D eigenvalue weighted by molar-refractivity contribution is -0.0000123. The molecule has 0 fully saturated rings. The predicted molar refractivity (Wildman–Crippen MR) is 85.7 cm³/mol. The molecule has 6 N–H and O–H groups in total. The number of aromatic nitrogens is 1. The fourth-order valence-electron chi connectivity index (χ4n) is 2.02. The van der Waals surface area contributed by atoms with Crippen LogP contribution in [0.5, 0.6) is 0 Å². The lowest BCUT2D eigenvalue weighted by Gasteiger charge is -2.11. The molecule has 7 heteroatoms. The van der Waals surface area contributed by atoms with Gasteiger partial charge in [-0.2, -0.15) is 0 Å². The van der Waals surface area contributed by atoms with Gasteiger partial charge in [0.1, 0.15) is 5.69 Å². The number of fused-ring (bicyclic) bond motifs is 1. The molecular formula is C14H20BrClN4O. The van der Waals surface area contributed by atoms with Crippen LogP contribution in [0.1, 0.15) is 24.8 Å². The van der Waals surface area contributed by atoms with Crippen molar-refractivity contribution in [1.29, 1.82) is 0 Å². The largest absolute Gasteiger partial charge is 1.00 e. The summed E-state index contributed by atoms with van der Waals surface area (Å²) in [5, 5.41) is 3.84. The van der Waals surface area contributed by atoms with Gasteiger partial charge in [-0.1, -0.05) is 22.0 Å². The average Bonchev–Trinajstić information content (AvgIpc) is 2.85. The van der Waals surface area contributed by atoms with Crippen LogP contribution < -0.4 is 29.2 Å². The van der Waals surface area contributed by atoms with E-state index in [0.717, 1.165) is 28.2 Å². The number of hydrogen-bond acceptors (Lipinski definition) is 3. The molecule has 0 aliphatic heterocycles. The fourth-order valence-corrected chi connectivity index (χ4v) is 2.38. The second-order valence-electron chi connectivity index (χ2n) is 4.82. The second-order valence-corrected chi connectivity index (χ2v) is 5.73. The van der Waals surface area contributed by atoms with E-state index in [2.05, 4.69) is 26.2 Å². The van der Waals surface area contributed by atoms with Crippen molar-refractivity contribution in [2.24, 2.45) is 11.5 Å². The lowest BCUT2D eigenvalue weighted by atomic mass is 10.1. The third-order valence-corrected chi connectivity index (χ3v) is 3.63. The molecule has 1 aromatic carbocycles. The van der Waals surface area contributed by atoms with Crippen molar-refractivity contribution in [1.82, 2.24) is 10.3 Å². The Bertz CT molecular complexity index is 608. The molecule has 1 atom stereocenters. The maximum absolute atomic E-state index is 12.0. The molecule has 1 amide bonds. The number of carbonyl (C=O) groups excluding carboxylic acids is 1. The Kier molecular flexibility index (Phi) is 7.17. The molecule has 0 radical (unpaired) electrons. The highest BCUT2D eigenvalue weighted by molar-refractivity contribution is 9.10. The molecule has 0 saturated carbocycles. The van der Waals surface area contributed by atoms with Gasteiger partial charge in [-0.05, 0) is 37.6 Å². The van der Waals surface area contributed by atoms with E-state index < -0.39 is 0 Å². The molecule has 116 valence electrons. The van der Waals surface area contributed by atoms with Crippen LogP contribution in [0.2, 0.25) is 0 Å². The first-order valence-corrected chi connectivity index (χ1v) is 7.41. The van der Waals surface area contributed by atoms with E-state index in [0.29, 0.717) is 18.8 Å². The summed E-state index contributed by atoms with van der Waals surface area (Å²) in [6, 6.07) is 7.63. The van der Waals surface area contributed by atoms with Gasteiger partial charge in [0.15, 0.2) is 0 Å². The number of halogens is 2. The first kappa shape index (κ1) is 18.0. The zero-order valence-electron chi connectivity index (χ0n) is 12.5. The van der Waals surface area contributed by atoms with E-state index in [1.807, 2.05) is 24.3 Å². The van der Waals surface area contributed by atoms with Crippen LogP contribution in [0.4, 0.5) is 0 Å². The summed E-state index contributed by atoms with van der Waals surface area (Å²) in [6.07, 6.45) is 1.69. The molecule has 0 unspecified atom stereocenters. The van der Waals surface area contributed by atoms with Gasteiger partial charge in [0, 0.05) is 28.0 Å². The standard InChI is InChI=1S/C14H19BrN4O.ClH/c15-10-4-3-9-6-13(19-12(9)7-10)14(20)18-8-11(17)2-1-5-16;/h3-4,6-7,11,19H,1-2,5,8,16-17H2,(H,18,20);1H/t11-;/m0./s1. The van der Waals surface area contributed by atoms with Gasteiger partial charge < -0.3 is 34.2 Å². The predicted octanol–water partition coefficient (Wildman–Crippen LogP) is -1.16. The fraction of sp³-hybridized carbons (Fsp3) is 0.357. The number of aromatic amines is 1. The zero-order chi connectivity index (χ0) is 14.5. The van der Waals surface area contributed by atoms with E-state index >= 15 is 0 Å². The molecule has 2 aromatic rings. The van der Waals surface area contributed by atoms with Gasteiger partial charge in [0.2, 0.25) is 0 Å². The van der Waals surface area contributed by atoms with Crippen molar-refractivity contribution in [3.8, 4) is 0 Å². The van der Waals surface area contributed by atoms with E-state index in [1.54, 1.807) is 0 Å². The van der Waals surface area contributed by atoms with Crippen LogP contribution in [0.3, 0.4) is 0 Å². The number of carbonyl (C=O) groups is 1. The van der Waals surface area contributed by atoms with Gasteiger partial charge >= 0.3 is 1.43 Å². The quantitative estimate of drug-likeness (QED) is 0.513. The topological polar surface area (TPSA) is 96.9 Å². The van der Waals surface area contributed by atoms with E-state index in [-0.39, 0.29) is 25.8 Å². The minimum Gasteiger partial charge on any atom is -1.00 e. The summed E-state index contributed by atoms with van der Waals surface area (Å²) in [7, 11) is 0. The maximum Gasteiger partial charge on any atom is 1.00 e. The number of benzene rings is 1. The lowest BCUT2D eigenvalue weighted by Crippen LogP contribution is -3.00. The summed E-state index contributed by atoms with van der Waals surface area (Å²) < 4.78 is 0.975. The van der Waals surface area contributed by atoms with Crippen LogP contribution in [0, 0.1) is 0 Å². The number of nitrogens with one attached hydrogen (secondary N) is 2. The highest BCUT2D eigenvalue weighted by atomic mass is 79.9. The molecule has 1 aromatic heterocycles. The van der Waals surface area contributed by atoms with Gasteiger partial charge in [0.05, 0.1) is 0 Å². The first-order chi connectivity index (χ1) is 9.60. The minimum atomic E-state index is -0.138. The average molecular weight is 376 g/mol. The maximum atomic E-state index is 12.0. The summed E-state index contributed by atoms with van der Waals surface area (Å²) in [5.41, 5.74) is 12.8. The summed E-state index contributed by atoms with van der Waals surface area (Å²) in [6.45, 7) is 1.08. The van der Waals surface area contributed by atoms with Crippen LogP contribution in [-0.4, -0.2) is 30.0 Å². The zero-order valence-corrected chi connectivity index (χ0v) is 13.9. The molecule has 1 heterocycles. The Morgan fingerprint density at radius 2 is 2.19 bits per heavy atom. The number of H-pyrrole nitrogens is 1. The van der Waals surface area contributed by atoms with E-state index in [1.165, 1.54) is 0 Å². The Balaban J connectivity index is 0.00000220. The van der Waals surface area contributed by atoms with Crippen molar-refractivity contribution in [2.75, 3.05) is 13.1 Å².